The highest BCUT2D eigenvalue weighted by Crippen LogP contribution is 2.63. The maximum Gasteiger partial charge on any atom is 0.136 e. The Morgan fingerprint density at radius 3 is 2.78 bits per heavy atom. The molecule has 2 aliphatic rings. The normalized spacial score (nSPS) is 47.2. The van der Waals surface area contributed by atoms with Crippen LogP contribution in [0.1, 0.15) is 32.6 Å². The number of carbonyl (C=O) groups is 1. The summed E-state index contributed by atoms with van der Waals surface area (Å²) >= 11 is 0. The first-order valence-corrected chi connectivity index (χ1v) is 3.81. The second kappa shape index (κ2) is 1.39. The zero-order chi connectivity index (χ0) is 6.48. The molecule has 0 aromatic rings. The Morgan fingerprint density at radius 1 is 1.78 bits per heavy atom. The molecular weight excluding hydrogens is 112 g/mol. The second-order valence-corrected chi connectivity index (χ2v) is 3.44. The van der Waals surface area contributed by atoms with Crippen molar-refractivity contribution < 1.29 is 4.79 Å². The molecule has 0 bridgehead atoms. The van der Waals surface area contributed by atoms with Crippen molar-refractivity contribution in [2.24, 2.45) is 11.3 Å². The highest BCUT2D eigenvalue weighted by molar-refractivity contribution is 5.87. The maximum atomic E-state index is 11.0. The third-order valence-electron chi connectivity index (χ3n) is 3.15. The third-order valence-corrected chi connectivity index (χ3v) is 3.15. The van der Waals surface area contributed by atoms with Gasteiger partial charge < -0.3 is 0 Å². The molecule has 50 valence electrons. The average Bonchev–Trinajstić information content (AvgIpc) is 2.53. The van der Waals surface area contributed by atoms with Gasteiger partial charge in [-0.1, -0.05) is 6.92 Å². The van der Waals surface area contributed by atoms with E-state index in [4.69, 9.17) is 0 Å². The van der Waals surface area contributed by atoms with E-state index in [-0.39, 0.29) is 0 Å². The predicted octanol–water partition coefficient (Wildman–Crippen LogP) is 1.77. The fourth-order valence-corrected chi connectivity index (χ4v) is 2.19. The van der Waals surface area contributed by atoms with Crippen molar-refractivity contribution in [1.82, 2.24) is 0 Å². The molecule has 0 heterocycles. The van der Waals surface area contributed by atoms with Crippen LogP contribution in [0.15, 0.2) is 0 Å². The first kappa shape index (κ1) is 5.45. The van der Waals surface area contributed by atoms with Crippen molar-refractivity contribution in [2.45, 2.75) is 32.6 Å². The topological polar surface area (TPSA) is 17.1 Å². The number of hydrogen-bond donors (Lipinski definition) is 0. The summed E-state index contributed by atoms with van der Waals surface area (Å²) in [6.07, 6.45) is 4.50. The van der Waals surface area contributed by atoms with Gasteiger partial charge in [0.05, 0.1) is 0 Å². The zero-order valence-electron chi connectivity index (χ0n) is 5.81. The first-order valence-electron chi connectivity index (χ1n) is 3.81. The Labute approximate surface area is 55.4 Å². The van der Waals surface area contributed by atoms with Crippen molar-refractivity contribution in [1.29, 1.82) is 0 Å². The second-order valence-electron chi connectivity index (χ2n) is 3.44. The van der Waals surface area contributed by atoms with Gasteiger partial charge in [0, 0.05) is 12.3 Å². The van der Waals surface area contributed by atoms with Gasteiger partial charge in [-0.3, -0.25) is 4.79 Å². The number of hydrogen-bond acceptors (Lipinski definition) is 1. The van der Waals surface area contributed by atoms with Crippen LogP contribution in [-0.4, -0.2) is 5.78 Å². The monoisotopic (exact) mass is 124 g/mol. The third kappa shape index (κ3) is 0.525. The van der Waals surface area contributed by atoms with Crippen molar-refractivity contribution in [3.8, 4) is 0 Å². The molecule has 0 spiro atoms. The Kier molecular flexibility index (Phi) is 0.842. The van der Waals surface area contributed by atoms with Crippen LogP contribution in [0.4, 0.5) is 0 Å². The van der Waals surface area contributed by atoms with E-state index in [1.165, 1.54) is 19.3 Å². The average molecular weight is 124 g/mol. The molecule has 0 aromatic heterocycles. The molecule has 0 aliphatic heterocycles. The van der Waals surface area contributed by atoms with Gasteiger partial charge in [-0.05, 0) is 24.7 Å². The first-order chi connectivity index (χ1) is 4.28. The van der Waals surface area contributed by atoms with Crippen molar-refractivity contribution >= 4 is 5.78 Å². The molecule has 2 fully saturated rings. The minimum absolute atomic E-state index is 0.502. The summed E-state index contributed by atoms with van der Waals surface area (Å²) in [6, 6.07) is 0. The summed E-state index contributed by atoms with van der Waals surface area (Å²) < 4.78 is 0. The van der Waals surface area contributed by atoms with Crippen LogP contribution in [-0.2, 0) is 4.79 Å². The molecule has 2 saturated carbocycles. The lowest BCUT2D eigenvalue weighted by atomic mass is 10.0. The van der Waals surface area contributed by atoms with Gasteiger partial charge in [0.15, 0.2) is 0 Å². The summed E-state index contributed by atoms with van der Waals surface area (Å²) in [5.41, 5.74) is 0.525. The molecule has 1 heteroatoms. The van der Waals surface area contributed by atoms with E-state index in [9.17, 15) is 4.79 Å². The van der Waals surface area contributed by atoms with Crippen LogP contribution >= 0.6 is 0 Å². The fraction of sp³-hybridized carbons (Fsp3) is 0.875. The van der Waals surface area contributed by atoms with Gasteiger partial charge in [-0.15, -0.1) is 0 Å². The number of Topliss-reactive ketones (excluding diaryl/α,β-unsaturated/α-hetero) is 1. The number of ketones is 1. The molecule has 1 nitrogen and oxygen atoms in total. The number of fused-ring (bicyclic) bond motifs is 1. The van der Waals surface area contributed by atoms with Gasteiger partial charge in [0.25, 0.3) is 0 Å². The van der Waals surface area contributed by atoms with E-state index < -0.39 is 0 Å². The van der Waals surface area contributed by atoms with Gasteiger partial charge >= 0.3 is 0 Å². The SMILES string of the molecule is CCC12CCC(=O)C1C2. The van der Waals surface area contributed by atoms with E-state index in [1.807, 2.05) is 0 Å². The van der Waals surface area contributed by atoms with Crippen molar-refractivity contribution in [2.75, 3.05) is 0 Å². The number of rotatable bonds is 1. The van der Waals surface area contributed by atoms with E-state index in [1.54, 1.807) is 0 Å². The van der Waals surface area contributed by atoms with Crippen molar-refractivity contribution in [3.05, 3.63) is 0 Å². The van der Waals surface area contributed by atoms with E-state index in [0.29, 0.717) is 17.1 Å². The lowest BCUT2D eigenvalue weighted by Gasteiger charge is -2.03. The van der Waals surface area contributed by atoms with Crippen LogP contribution < -0.4 is 0 Å². The van der Waals surface area contributed by atoms with Crippen LogP contribution in [0.5, 0.6) is 0 Å². The molecular formula is C8H12O. The van der Waals surface area contributed by atoms with Crippen molar-refractivity contribution in [3.63, 3.8) is 0 Å². The van der Waals surface area contributed by atoms with Gasteiger partial charge in [-0.2, -0.15) is 0 Å². The summed E-state index contributed by atoms with van der Waals surface area (Å²) in [5, 5.41) is 0. The lowest BCUT2D eigenvalue weighted by molar-refractivity contribution is -0.119. The van der Waals surface area contributed by atoms with Gasteiger partial charge in [-0.25, -0.2) is 0 Å². The molecule has 9 heavy (non-hydrogen) atoms. The van der Waals surface area contributed by atoms with Gasteiger partial charge in [0.2, 0.25) is 0 Å². The molecule has 0 N–H and O–H groups in total. The summed E-state index contributed by atoms with van der Waals surface area (Å²) in [4.78, 5) is 11.0. The standard InChI is InChI=1S/C8H12O/c1-2-8-4-3-7(9)6(8)5-8/h6H,2-5H2,1H3. The molecule has 0 aromatic carbocycles. The van der Waals surface area contributed by atoms with Crippen LogP contribution in [0, 0.1) is 11.3 Å². The van der Waals surface area contributed by atoms with Crippen LogP contribution in [0.3, 0.4) is 0 Å². The molecule has 0 radical (unpaired) electrons. The number of carbonyl (C=O) groups excluding carboxylic acids is 1. The quantitative estimate of drug-likeness (QED) is 0.520. The predicted molar refractivity (Wildman–Crippen MR) is 35.1 cm³/mol. The van der Waals surface area contributed by atoms with E-state index in [2.05, 4.69) is 6.92 Å². The Hall–Kier alpha value is -0.330. The molecule has 0 saturated heterocycles. The molecule has 0 amide bonds. The van der Waals surface area contributed by atoms with Crippen LogP contribution in [0.25, 0.3) is 0 Å². The van der Waals surface area contributed by atoms with Crippen LogP contribution in [0.2, 0.25) is 0 Å². The molecule has 2 atom stereocenters. The Bertz CT molecular complexity index is 162. The largest absolute Gasteiger partial charge is 0.299 e. The smallest absolute Gasteiger partial charge is 0.136 e. The summed E-state index contributed by atoms with van der Waals surface area (Å²) in [5.74, 6) is 1.04. The molecule has 2 unspecified atom stereocenters. The summed E-state index contributed by atoms with van der Waals surface area (Å²) in [7, 11) is 0. The Balaban J connectivity index is 2.17. The van der Waals surface area contributed by atoms with E-state index >= 15 is 0 Å². The highest BCUT2D eigenvalue weighted by Gasteiger charge is 2.59. The minimum atomic E-state index is 0.502. The van der Waals surface area contributed by atoms with Gasteiger partial charge in [0.1, 0.15) is 5.78 Å². The zero-order valence-corrected chi connectivity index (χ0v) is 5.81. The Morgan fingerprint density at radius 2 is 2.56 bits per heavy atom. The summed E-state index contributed by atoms with van der Waals surface area (Å²) in [6.45, 7) is 2.21. The fourth-order valence-electron chi connectivity index (χ4n) is 2.19. The minimum Gasteiger partial charge on any atom is -0.299 e. The lowest BCUT2D eigenvalue weighted by Crippen LogP contribution is -1.94. The molecule has 2 rings (SSSR count). The molecule has 2 aliphatic carbocycles. The van der Waals surface area contributed by atoms with E-state index in [0.717, 1.165) is 6.42 Å². The maximum absolute atomic E-state index is 11.0. The highest BCUT2D eigenvalue weighted by atomic mass is 16.1.